The van der Waals surface area contributed by atoms with E-state index >= 15 is 0 Å². The van der Waals surface area contributed by atoms with Crippen molar-refractivity contribution >= 4 is 21.6 Å². The molecule has 0 aliphatic heterocycles. The second-order valence-electron chi connectivity index (χ2n) is 4.67. The molecule has 0 aliphatic rings. The van der Waals surface area contributed by atoms with Gasteiger partial charge in [-0.3, -0.25) is 4.79 Å². The van der Waals surface area contributed by atoms with Crippen LogP contribution in [0.3, 0.4) is 0 Å². The highest BCUT2D eigenvalue weighted by Crippen LogP contribution is 2.20. The number of hydrogen-bond acceptors (Lipinski definition) is 4. The van der Waals surface area contributed by atoms with E-state index in [0.717, 1.165) is 12.1 Å². The van der Waals surface area contributed by atoms with Gasteiger partial charge in [0.1, 0.15) is 5.82 Å². The van der Waals surface area contributed by atoms with E-state index in [2.05, 4.69) is 10.0 Å². The van der Waals surface area contributed by atoms with Crippen molar-refractivity contribution in [2.45, 2.75) is 31.7 Å². The summed E-state index contributed by atoms with van der Waals surface area (Å²) in [7, 11) is -3.98. The fourth-order valence-corrected chi connectivity index (χ4v) is 2.47. The van der Waals surface area contributed by atoms with Gasteiger partial charge in [-0.05, 0) is 32.9 Å². The summed E-state index contributed by atoms with van der Waals surface area (Å²) in [5.41, 5.74) is 5.75. The Morgan fingerprint density at radius 2 is 2.00 bits per heavy atom. The van der Waals surface area contributed by atoms with E-state index in [-0.39, 0.29) is 22.2 Å². The first-order chi connectivity index (χ1) is 9.13. The first-order valence-electron chi connectivity index (χ1n) is 5.98. The van der Waals surface area contributed by atoms with Gasteiger partial charge >= 0.3 is 0 Å². The van der Waals surface area contributed by atoms with Gasteiger partial charge in [0.2, 0.25) is 15.9 Å². The van der Waals surface area contributed by atoms with Gasteiger partial charge < -0.3 is 11.1 Å². The number of hydrogen-bond donors (Lipinski definition) is 3. The van der Waals surface area contributed by atoms with Crippen LogP contribution >= 0.6 is 0 Å². The number of carbonyl (C=O) groups is 1. The van der Waals surface area contributed by atoms with E-state index in [0.29, 0.717) is 0 Å². The number of nitrogens with two attached hydrogens (primary N) is 1. The highest BCUT2D eigenvalue weighted by molar-refractivity contribution is 7.89. The zero-order valence-electron chi connectivity index (χ0n) is 11.5. The monoisotopic (exact) mass is 303 g/mol. The molecule has 0 spiro atoms. The van der Waals surface area contributed by atoms with Crippen molar-refractivity contribution in [3.63, 3.8) is 0 Å². The van der Waals surface area contributed by atoms with Crippen LogP contribution in [0.15, 0.2) is 17.0 Å². The highest BCUT2D eigenvalue weighted by atomic mass is 32.2. The molecule has 4 N–H and O–H groups in total. The highest BCUT2D eigenvalue weighted by Gasteiger charge is 2.18. The largest absolute Gasteiger partial charge is 0.398 e. The normalized spacial score (nSPS) is 11.7. The van der Waals surface area contributed by atoms with E-state index < -0.39 is 28.3 Å². The third-order valence-corrected chi connectivity index (χ3v) is 3.92. The van der Waals surface area contributed by atoms with Crippen molar-refractivity contribution < 1.29 is 17.6 Å². The van der Waals surface area contributed by atoms with Gasteiger partial charge in [0, 0.05) is 17.3 Å². The van der Waals surface area contributed by atoms with Crippen molar-refractivity contribution in [2.24, 2.45) is 0 Å². The summed E-state index contributed by atoms with van der Waals surface area (Å²) in [5, 5.41) is 2.53. The van der Waals surface area contributed by atoms with E-state index in [4.69, 9.17) is 5.73 Å². The van der Waals surface area contributed by atoms with Gasteiger partial charge in [0.15, 0.2) is 0 Å². The molecule has 0 saturated heterocycles. The lowest BCUT2D eigenvalue weighted by Gasteiger charge is -2.11. The van der Waals surface area contributed by atoms with Gasteiger partial charge in [-0.15, -0.1) is 0 Å². The Balaban J connectivity index is 2.87. The summed E-state index contributed by atoms with van der Waals surface area (Å²) in [4.78, 5) is 11.1. The lowest BCUT2D eigenvalue weighted by molar-refractivity contribution is -0.120. The number of carbonyl (C=O) groups excluding carboxylic acids is 1. The summed E-state index contributed by atoms with van der Waals surface area (Å²) in [6.07, 6.45) is 0. The molecule has 1 amide bonds. The van der Waals surface area contributed by atoms with E-state index in [1.165, 1.54) is 6.92 Å². The van der Waals surface area contributed by atoms with Gasteiger partial charge in [0.25, 0.3) is 0 Å². The van der Waals surface area contributed by atoms with Crippen LogP contribution in [0.25, 0.3) is 0 Å². The standard InChI is InChI=1S/C12H18FN3O3S/c1-7(2)16-12(17)6-15-20(18,19)9-4-10(13)8(3)11(14)5-9/h4-5,7,15H,6,14H2,1-3H3,(H,16,17). The van der Waals surface area contributed by atoms with Crippen LogP contribution < -0.4 is 15.8 Å². The van der Waals surface area contributed by atoms with Crippen molar-refractivity contribution in [1.29, 1.82) is 0 Å². The lowest BCUT2D eigenvalue weighted by Crippen LogP contribution is -2.39. The third kappa shape index (κ3) is 4.17. The summed E-state index contributed by atoms with van der Waals surface area (Å²) >= 11 is 0. The molecule has 0 aliphatic carbocycles. The van der Waals surface area contributed by atoms with Crippen LogP contribution in [0.5, 0.6) is 0 Å². The average Bonchev–Trinajstić information content (AvgIpc) is 2.32. The van der Waals surface area contributed by atoms with Crippen LogP contribution in [0.2, 0.25) is 0 Å². The SMILES string of the molecule is Cc1c(N)cc(S(=O)(=O)NCC(=O)NC(C)C)cc1F. The number of nitrogens with one attached hydrogen (secondary N) is 2. The van der Waals surface area contributed by atoms with Crippen LogP contribution in [0.1, 0.15) is 19.4 Å². The Morgan fingerprint density at radius 3 is 2.50 bits per heavy atom. The molecule has 0 radical (unpaired) electrons. The quantitative estimate of drug-likeness (QED) is 0.690. The number of sulfonamides is 1. The predicted octanol–water partition coefficient (Wildman–Crippen LogP) is 0.519. The average molecular weight is 303 g/mol. The maximum Gasteiger partial charge on any atom is 0.241 e. The fourth-order valence-electron chi connectivity index (χ4n) is 1.45. The molecule has 6 nitrogen and oxygen atoms in total. The van der Waals surface area contributed by atoms with E-state index in [9.17, 15) is 17.6 Å². The molecule has 0 fully saturated rings. The molecule has 20 heavy (non-hydrogen) atoms. The molecule has 0 atom stereocenters. The van der Waals surface area contributed by atoms with Crippen LogP contribution in [-0.4, -0.2) is 26.9 Å². The van der Waals surface area contributed by atoms with Crippen LogP contribution in [0, 0.1) is 12.7 Å². The predicted molar refractivity (Wildman–Crippen MR) is 74.0 cm³/mol. The summed E-state index contributed by atoms with van der Waals surface area (Å²) in [6, 6.07) is 1.93. The number of rotatable bonds is 5. The molecule has 0 saturated carbocycles. The Bertz CT molecular complexity index is 591. The summed E-state index contributed by atoms with van der Waals surface area (Å²) in [5.74, 6) is -1.18. The second kappa shape index (κ2) is 6.19. The van der Waals surface area contributed by atoms with E-state index in [1.54, 1.807) is 13.8 Å². The van der Waals surface area contributed by atoms with Gasteiger partial charge in [-0.2, -0.15) is 0 Å². The smallest absolute Gasteiger partial charge is 0.241 e. The Hall–Kier alpha value is -1.67. The van der Waals surface area contributed by atoms with Crippen molar-refractivity contribution in [2.75, 3.05) is 12.3 Å². The van der Waals surface area contributed by atoms with Gasteiger partial charge in [0.05, 0.1) is 11.4 Å². The number of nitrogen functional groups attached to an aromatic ring is 1. The number of benzene rings is 1. The fraction of sp³-hybridized carbons (Fsp3) is 0.417. The zero-order chi connectivity index (χ0) is 15.5. The number of anilines is 1. The van der Waals surface area contributed by atoms with Crippen molar-refractivity contribution in [1.82, 2.24) is 10.0 Å². The molecule has 112 valence electrons. The van der Waals surface area contributed by atoms with Gasteiger partial charge in [-0.25, -0.2) is 17.5 Å². The Labute approximate surface area is 117 Å². The Kier molecular flexibility index (Phi) is 5.07. The van der Waals surface area contributed by atoms with Crippen molar-refractivity contribution in [3.8, 4) is 0 Å². The molecular formula is C12H18FN3O3S. The molecule has 0 heterocycles. The molecule has 0 aromatic heterocycles. The first-order valence-corrected chi connectivity index (χ1v) is 7.46. The third-order valence-electron chi connectivity index (χ3n) is 2.54. The molecule has 0 unspecified atom stereocenters. The molecule has 1 aromatic rings. The zero-order valence-corrected chi connectivity index (χ0v) is 12.3. The first kappa shape index (κ1) is 16.4. The maximum absolute atomic E-state index is 13.5. The van der Waals surface area contributed by atoms with Crippen LogP contribution in [-0.2, 0) is 14.8 Å². The number of amides is 1. The van der Waals surface area contributed by atoms with Gasteiger partial charge in [-0.1, -0.05) is 0 Å². The maximum atomic E-state index is 13.5. The topological polar surface area (TPSA) is 101 Å². The van der Waals surface area contributed by atoms with Crippen LogP contribution in [0.4, 0.5) is 10.1 Å². The minimum absolute atomic E-state index is 0.0389. The molecule has 1 aromatic carbocycles. The minimum Gasteiger partial charge on any atom is -0.398 e. The molecule has 8 heteroatoms. The van der Waals surface area contributed by atoms with Crippen molar-refractivity contribution in [3.05, 3.63) is 23.5 Å². The molecular weight excluding hydrogens is 285 g/mol. The lowest BCUT2D eigenvalue weighted by atomic mass is 10.2. The second-order valence-corrected chi connectivity index (χ2v) is 6.43. The van der Waals surface area contributed by atoms with E-state index in [1.807, 2.05) is 0 Å². The molecule has 0 bridgehead atoms. The molecule has 1 rings (SSSR count). The number of halogens is 1. The Morgan fingerprint density at radius 1 is 1.40 bits per heavy atom. The summed E-state index contributed by atoms with van der Waals surface area (Å²) in [6.45, 7) is 4.53. The minimum atomic E-state index is -3.98. The summed E-state index contributed by atoms with van der Waals surface area (Å²) < 4.78 is 39.4.